The van der Waals surface area contributed by atoms with E-state index in [-0.39, 0.29) is 12.4 Å². The maximum atomic E-state index is 3.75. The largest absolute Gasteiger partial charge is 1.00 e. The van der Waals surface area contributed by atoms with Crippen LogP contribution in [0, 0.1) is 5.92 Å². The fourth-order valence-electron chi connectivity index (χ4n) is 1.21. The summed E-state index contributed by atoms with van der Waals surface area (Å²) < 4.78 is 0. The predicted octanol–water partition coefficient (Wildman–Crippen LogP) is -1.66. The van der Waals surface area contributed by atoms with Crippen molar-refractivity contribution in [2.24, 2.45) is 5.92 Å². The van der Waals surface area contributed by atoms with Crippen LogP contribution in [0.2, 0.25) is 0 Å². The van der Waals surface area contributed by atoms with Crippen LogP contribution in [-0.2, 0) is 0 Å². The molecular weight excluding hydrogens is 170 g/mol. The lowest BCUT2D eigenvalue weighted by molar-refractivity contribution is -0.628. The molecule has 12 heavy (non-hydrogen) atoms. The fraction of sp³-hybridized carbons (Fsp3) is 0.600. The zero-order chi connectivity index (χ0) is 8.53. The Balaban J connectivity index is 0. The average Bonchev–Trinajstić information content (AvgIpc) is 2.01. The van der Waals surface area contributed by atoms with E-state index in [1.807, 2.05) is 12.2 Å². The second-order valence-electron chi connectivity index (χ2n) is 2.90. The lowest BCUT2D eigenvalue weighted by Crippen LogP contribution is -3.00. The van der Waals surface area contributed by atoms with Gasteiger partial charge in [-0.15, -0.1) is 13.2 Å². The van der Waals surface area contributed by atoms with Crippen LogP contribution >= 0.6 is 0 Å². The zero-order valence-electron chi connectivity index (χ0n) is 7.93. The normalized spacial score (nSPS) is 9.17. The SMILES string of the molecule is C=CCC(CC=C)CC[NH2+]C.[Cl-]. The molecule has 0 fully saturated rings. The van der Waals surface area contributed by atoms with E-state index >= 15 is 0 Å². The van der Waals surface area contributed by atoms with Crippen molar-refractivity contribution in [2.75, 3.05) is 13.6 Å². The summed E-state index contributed by atoms with van der Waals surface area (Å²) in [6, 6.07) is 0. The van der Waals surface area contributed by atoms with E-state index < -0.39 is 0 Å². The number of rotatable bonds is 7. The van der Waals surface area contributed by atoms with Crippen LogP contribution in [0.25, 0.3) is 0 Å². The number of halogens is 1. The molecule has 0 saturated carbocycles. The second kappa shape index (κ2) is 10.7. The Labute approximate surface area is 82.3 Å². The number of quaternary nitrogens is 1. The highest BCUT2D eigenvalue weighted by Gasteiger charge is 2.04. The fourth-order valence-corrected chi connectivity index (χ4v) is 1.21. The Hall–Kier alpha value is -0.270. The highest BCUT2D eigenvalue weighted by atomic mass is 35.5. The van der Waals surface area contributed by atoms with Gasteiger partial charge in [0.05, 0.1) is 13.6 Å². The van der Waals surface area contributed by atoms with Crippen molar-refractivity contribution in [3.8, 4) is 0 Å². The van der Waals surface area contributed by atoms with Crippen LogP contribution in [0.5, 0.6) is 0 Å². The highest BCUT2D eigenvalue weighted by Crippen LogP contribution is 2.12. The first-order valence-corrected chi connectivity index (χ1v) is 4.34. The van der Waals surface area contributed by atoms with Gasteiger partial charge in [-0.05, 0) is 25.2 Å². The van der Waals surface area contributed by atoms with Crippen molar-refractivity contribution < 1.29 is 17.7 Å². The van der Waals surface area contributed by atoms with E-state index in [9.17, 15) is 0 Å². The topological polar surface area (TPSA) is 16.6 Å². The quantitative estimate of drug-likeness (QED) is 0.462. The molecule has 0 aromatic rings. The third-order valence-electron chi connectivity index (χ3n) is 1.86. The molecule has 0 saturated heterocycles. The molecule has 2 N–H and O–H groups in total. The average molecular weight is 190 g/mol. The Bertz CT molecular complexity index is 102. The van der Waals surface area contributed by atoms with Gasteiger partial charge in [-0.1, -0.05) is 12.2 Å². The van der Waals surface area contributed by atoms with Crippen molar-refractivity contribution >= 4 is 0 Å². The van der Waals surface area contributed by atoms with Gasteiger partial charge in [0.25, 0.3) is 0 Å². The summed E-state index contributed by atoms with van der Waals surface area (Å²) >= 11 is 0. The van der Waals surface area contributed by atoms with Crippen LogP contribution in [0.3, 0.4) is 0 Å². The predicted molar refractivity (Wildman–Crippen MR) is 50.5 cm³/mol. The summed E-state index contributed by atoms with van der Waals surface area (Å²) in [5, 5.41) is 2.22. The minimum atomic E-state index is 0. The van der Waals surface area contributed by atoms with Crippen molar-refractivity contribution in [1.82, 2.24) is 0 Å². The van der Waals surface area contributed by atoms with Gasteiger partial charge in [0.1, 0.15) is 0 Å². The number of nitrogens with two attached hydrogens (primary N) is 1. The molecule has 0 atom stereocenters. The molecule has 0 amide bonds. The molecule has 72 valence electrons. The maximum Gasteiger partial charge on any atom is 0.0756 e. The molecule has 0 rings (SSSR count). The third kappa shape index (κ3) is 7.83. The highest BCUT2D eigenvalue weighted by molar-refractivity contribution is 4.79. The van der Waals surface area contributed by atoms with E-state index in [0.29, 0.717) is 0 Å². The molecule has 1 nitrogen and oxygen atoms in total. The van der Waals surface area contributed by atoms with Gasteiger partial charge < -0.3 is 17.7 Å². The van der Waals surface area contributed by atoms with Crippen LogP contribution in [-0.4, -0.2) is 13.6 Å². The summed E-state index contributed by atoms with van der Waals surface area (Å²) in [7, 11) is 2.11. The zero-order valence-corrected chi connectivity index (χ0v) is 8.69. The van der Waals surface area contributed by atoms with Crippen LogP contribution in [0.15, 0.2) is 25.3 Å². The van der Waals surface area contributed by atoms with Gasteiger partial charge in [-0.2, -0.15) is 0 Å². The molecule has 0 aliphatic carbocycles. The van der Waals surface area contributed by atoms with E-state index in [4.69, 9.17) is 0 Å². The minimum absolute atomic E-state index is 0. The van der Waals surface area contributed by atoms with Gasteiger partial charge in [-0.25, -0.2) is 0 Å². The number of allylic oxidation sites excluding steroid dienone is 2. The van der Waals surface area contributed by atoms with E-state index in [2.05, 4.69) is 25.5 Å². The Kier molecular flexibility index (Phi) is 12.8. The molecule has 0 heterocycles. The first-order valence-electron chi connectivity index (χ1n) is 4.34. The van der Waals surface area contributed by atoms with Gasteiger partial charge in [0.15, 0.2) is 0 Å². The summed E-state index contributed by atoms with van der Waals surface area (Å²) in [5.74, 6) is 0.765. The molecule has 0 aliphatic heterocycles. The molecular formula is C10H20ClN. The summed E-state index contributed by atoms with van der Waals surface area (Å²) in [4.78, 5) is 0. The van der Waals surface area contributed by atoms with Crippen LogP contribution in [0.1, 0.15) is 19.3 Å². The van der Waals surface area contributed by atoms with Gasteiger partial charge in [0.2, 0.25) is 0 Å². The molecule has 2 heteroatoms. The van der Waals surface area contributed by atoms with Crippen LogP contribution < -0.4 is 17.7 Å². The lowest BCUT2D eigenvalue weighted by atomic mass is 9.98. The Morgan fingerprint density at radius 1 is 1.25 bits per heavy atom. The molecule has 0 radical (unpaired) electrons. The summed E-state index contributed by atoms with van der Waals surface area (Å²) in [6.45, 7) is 8.71. The third-order valence-corrected chi connectivity index (χ3v) is 1.86. The standard InChI is InChI=1S/C10H19N.ClH/c1-4-6-10(7-5-2)8-9-11-3;/h4-5,10-11H,1-2,6-9H2,3H3;1H. The van der Waals surface area contributed by atoms with Gasteiger partial charge in [0, 0.05) is 0 Å². The van der Waals surface area contributed by atoms with E-state index in [0.717, 1.165) is 18.8 Å². The minimum Gasteiger partial charge on any atom is -1.00 e. The molecule has 0 aromatic heterocycles. The molecule has 0 unspecified atom stereocenters. The Morgan fingerprint density at radius 2 is 1.75 bits per heavy atom. The van der Waals surface area contributed by atoms with Crippen molar-refractivity contribution in [1.29, 1.82) is 0 Å². The van der Waals surface area contributed by atoms with Crippen LogP contribution in [0.4, 0.5) is 0 Å². The molecule has 0 spiro atoms. The first kappa shape index (κ1) is 14.3. The first-order chi connectivity index (χ1) is 5.35. The molecule has 0 aliphatic rings. The molecule has 0 bridgehead atoms. The summed E-state index contributed by atoms with van der Waals surface area (Å²) in [6.07, 6.45) is 7.53. The number of hydrogen-bond acceptors (Lipinski definition) is 0. The van der Waals surface area contributed by atoms with Gasteiger partial charge in [-0.3, -0.25) is 0 Å². The second-order valence-corrected chi connectivity index (χ2v) is 2.90. The maximum absolute atomic E-state index is 3.75. The smallest absolute Gasteiger partial charge is 0.0756 e. The summed E-state index contributed by atoms with van der Waals surface area (Å²) in [5.41, 5.74) is 0. The number of hydrogen-bond donors (Lipinski definition) is 1. The van der Waals surface area contributed by atoms with E-state index in [1.54, 1.807) is 0 Å². The lowest BCUT2D eigenvalue weighted by Gasteiger charge is -2.09. The van der Waals surface area contributed by atoms with Crippen molar-refractivity contribution in [2.45, 2.75) is 19.3 Å². The van der Waals surface area contributed by atoms with Crippen molar-refractivity contribution in [3.63, 3.8) is 0 Å². The van der Waals surface area contributed by atoms with Crippen molar-refractivity contribution in [3.05, 3.63) is 25.3 Å². The van der Waals surface area contributed by atoms with Gasteiger partial charge >= 0.3 is 0 Å². The monoisotopic (exact) mass is 189 g/mol. The molecule has 0 aromatic carbocycles. The van der Waals surface area contributed by atoms with E-state index in [1.165, 1.54) is 13.0 Å². The Morgan fingerprint density at radius 3 is 2.08 bits per heavy atom.